The molecule has 1 heteroatoms. The quantitative estimate of drug-likeness (QED) is 0.711. The van der Waals surface area contributed by atoms with Gasteiger partial charge in [-0.25, -0.2) is 0 Å². The standard InChI is InChI=1S/C16H16O/c1-3-5-13-6-4-7-15(12-13)14-8-10-16(17-2)11-9-14/h3-4,6-12H,1,5H2,2H3. The summed E-state index contributed by atoms with van der Waals surface area (Å²) >= 11 is 0. The second-order valence-electron chi connectivity index (χ2n) is 3.92. The Bertz CT molecular complexity index is 497. The largest absolute Gasteiger partial charge is 0.497 e. The highest BCUT2D eigenvalue weighted by Crippen LogP contribution is 2.23. The predicted octanol–water partition coefficient (Wildman–Crippen LogP) is 4.09. The van der Waals surface area contributed by atoms with Crippen LogP contribution in [0, 0.1) is 0 Å². The minimum absolute atomic E-state index is 0.885. The molecule has 0 unspecified atom stereocenters. The lowest BCUT2D eigenvalue weighted by Gasteiger charge is -2.05. The molecule has 0 heterocycles. The van der Waals surface area contributed by atoms with Crippen LogP contribution in [0.25, 0.3) is 11.1 Å². The SMILES string of the molecule is C=CCc1cccc(-c2ccc(OC)cc2)c1. The number of hydrogen-bond acceptors (Lipinski definition) is 1. The molecule has 86 valence electrons. The summed E-state index contributed by atoms with van der Waals surface area (Å²) < 4.78 is 5.15. The third-order valence-electron chi connectivity index (χ3n) is 2.73. The molecular formula is C16H16O. The van der Waals surface area contributed by atoms with E-state index in [1.54, 1.807) is 7.11 Å². The van der Waals surface area contributed by atoms with E-state index in [0.717, 1.165) is 12.2 Å². The summed E-state index contributed by atoms with van der Waals surface area (Å²) in [6.07, 6.45) is 2.83. The van der Waals surface area contributed by atoms with E-state index in [2.05, 4.69) is 43.0 Å². The van der Waals surface area contributed by atoms with Gasteiger partial charge in [0, 0.05) is 0 Å². The van der Waals surface area contributed by atoms with Crippen LogP contribution in [0.4, 0.5) is 0 Å². The third-order valence-corrected chi connectivity index (χ3v) is 2.73. The van der Waals surface area contributed by atoms with E-state index in [-0.39, 0.29) is 0 Å². The monoisotopic (exact) mass is 224 g/mol. The molecule has 0 aliphatic heterocycles. The van der Waals surface area contributed by atoms with Crippen molar-refractivity contribution in [3.63, 3.8) is 0 Å². The highest BCUT2D eigenvalue weighted by molar-refractivity contribution is 5.65. The predicted molar refractivity (Wildman–Crippen MR) is 72.3 cm³/mol. The van der Waals surface area contributed by atoms with Crippen LogP contribution in [0.2, 0.25) is 0 Å². The maximum Gasteiger partial charge on any atom is 0.118 e. The summed E-state index contributed by atoms with van der Waals surface area (Å²) in [5, 5.41) is 0. The molecule has 0 saturated carbocycles. The van der Waals surface area contributed by atoms with Gasteiger partial charge in [-0.05, 0) is 35.2 Å². The fraction of sp³-hybridized carbons (Fsp3) is 0.125. The van der Waals surface area contributed by atoms with Gasteiger partial charge in [0.15, 0.2) is 0 Å². The van der Waals surface area contributed by atoms with Gasteiger partial charge in [0.2, 0.25) is 0 Å². The second-order valence-corrected chi connectivity index (χ2v) is 3.92. The van der Waals surface area contributed by atoms with Crippen LogP contribution in [-0.4, -0.2) is 7.11 Å². The maximum atomic E-state index is 5.15. The molecule has 2 rings (SSSR count). The van der Waals surface area contributed by atoms with Crippen LogP contribution in [0.3, 0.4) is 0 Å². The van der Waals surface area contributed by atoms with Gasteiger partial charge in [0.25, 0.3) is 0 Å². The minimum Gasteiger partial charge on any atom is -0.497 e. The van der Waals surface area contributed by atoms with Crippen LogP contribution in [0.1, 0.15) is 5.56 Å². The molecule has 2 aromatic carbocycles. The Morgan fingerprint density at radius 3 is 2.47 bits per heavy atom. The minimum atomic E-state index is 0.885. The van der Waals surface area contributed by atoms with Gasteiger partial charge < -0.3 is 4.74 Å². The molecule has 0 amide bonds. The summed E-state index contributed by atoms with van der Waals surface area (Å²) in [4.78, 5) is 0. The van der Waals surface area contributed by atoms with E-state index >= 15 is 0 Å². The molecule has 0 bridgehead atoms. The van der Waals surface area contributed by atoms with Gasteiger partial charge in [0.05, 0.1) is 7.11 Å². The molecule has 2 aromatic rings. The summed E-state index contributed by atoms with van der Waals surface area (Å²) in [5.74, 6) is 0.885. The Morgan fingerprint density at radius 2 is 1.82 bits per heavy atom. The zero-order valence-electron chi connectivity index (χ0n) is 10.0. The average Bonchev–Trinajstić information content (AvgIpc) is 2.40. The van der Waals surface area contributed by atoms with Gasteiger partial charge in [-0.15, -0.1) is 6.58 Å². The van der Waals surface area contributed by atoms with E-state index in [4.69, 9.17) is 4.74 Å². The molecule has 0 N–H and O–H groups in total. The van der Waals surface area contributed by atoms with E-state index in [9.17, 15) is 0 Å². The smallest absolute Gasteiger partial charge is 0.118 e. The molecule has 0 atom stereocenters. The summed E-state index contributed by atoms with van der Waals surface area (Å²) in [7, 11) is 1.68. The van der Waals surface area contributed by atoms with Crippen molar-refractivity contribution in [2.75, 3.05) is 7.11 Å². The summed E-state index contributed by atoms with van der Waals surface area (Å²) in [5.41, 5.74) is 3.72. The van der Waals surface area contributed by atoms with Gasteiger partial charge in [0.1, 0.15) is 5.75 Å². The van der Waals surface area contributed by atoms with Crippen molar-refractivity contribution in [1.29, 1.82) is 0 Å². The second kappa shape index (κ2) is 5.35. The van der Waals surface area contributed by atoms with Gasteiger partial charge in [-0.2, -0.15) is 0 Å². The Kier molecular flexibility index (Phi) is 3.61. The van der Waals surface area contributed by atoms with E-state index < -0.39 is 0 Å². The van der Waals surface area contributed by atoms with Crippen molar-refractivity contribution < 1.29 is 4.74 Å². The topological polar surface area (TPSA) is 9.23 Å². The molecule has 17 heavy (non-hydrogen) atoms. The first-order valence-corrected chi connectivity index (χ1v) is 5.68. The number of benzene rings is 2. The van der Waals surface area contributed by atoms with E-state index in [1.165, 1.54) is 16.7 Å². The van der Waals surface area contributed by atoms with Crippen molar-refractivity contribution >= 4 is 0 Å². The first-order chi connectivity index (χ1) is 8.33. The van der Waals surface area contributed by atoms with E-state index in [0.29, 0.717) is 0 Å². The molecule has 0 aromatic heterocycles. The number of rotatable bonds is 4. The van der Waals surface area contributed by atoms with Crippen LogP contribution in [0.15, 0.2) is 61.2 Å². The Labute approximate surface area is 102 Å². The first kappa shape index (κ1) is 11.5. The molecule has 0 saturated heterocycles. The normalized spacial score (nSPS) is 9.94. The van der Waals surface area contributed by atoms with Gasteiger partial charge in [-0.3, -0.25) is 0 Å². The van der Waals surface area contributed by atoms with Crippen LogP contribution in [-0.2, 0) is 6.42 Å². The van der Waals surface area contributed by atoms with Crippen molar-refractivity contribution in [3.05, 3.63) is 66.7 Å². The van der Waals surface area contributed by atoms with E-state index in [1.807, 2.05) is 18.2 Å². The lowest BCUT2D eigenvalue weighted by molar-refractivity contribution is 0.415. The third kappa shape index (κ3) is 2.76. The first-order valence-electron chi connectivity index (χ1n) is 5.68. The summed E-state index contributed by atoms with van der Waals surface area (Å²) in [6, 6.07) is 16.6. The fourth-order valence-corrected chi connectivity index (χ4v) is 1.83. The molecule has 0 aliphatic rings. The maximum absolute atomic E-state index is 5.15. The Hall–Kier alpha value is -2.02. The average molecular weight is 224 g/mol. The van der Waals surface area contributed by atoms with Crippen molar-refractivity contribution in [2.45, 2.75) is 6.42 Å². The zero-order chi connectivity index (χ0) is 12.1. The number of methoxy groups -OCH3 is 1. The van der Waals surface area contributed by atoms with Crippen LogP contribution >= 0.6 is 0 Å². The van der Waals surface area contributed by atoms with Crippen LogP contribution < -0.4 is 4.74 Å². The Morgan fingerprint density at radius 1 is 1.06 bits per heavy atom. The summed E-state index contributed by atoms with van der Waals surface area (Å²) in [6.45, 7) is 3.76. The molecule has 1 nitrogen and oxygen atoms in total. The van der Waals surface area contributed by atoms with Crippen LogP contribution in [0.5, 0.6) is 5.75 Å². The zero-order valence-corrected chi connectivity index (χ0v) is 10.0. The van der Waals surface area contributed by atoms with Gasteiger partial charge >= 0.3 is 0 Å². The van der Waals surface area contributed by atoms with Crippen molar-refractivity contribution in [3.8, 4) is 16.9 Å². The number of hydrogen-bond donors (Lipinski definition) is 0. The number of ether oxygens (including phenoxy) is 1. The fourth-order valence-electron chi connectivity index (χ4n) is 1.83. The Balaban J connectivity index is 2.31. The highest BCUT2D eigenvalue weighted by atomic mass is 16.5. The molecule has 0 radical (unpaired) electrons. The van der Waals surface area contributed by atoms with Crippen molar-refractivity contribution in [2.24, 2.45) is 0 Å². The van der Waals surface area contributed by atoms with Crippen molar-refractivity contribution in [1.82, 2.24) is 0 Å². The molecular weight excluding hydrogens is 208 g/mol. The lowest BCUT2D eigenvalue weighted by atomic mass is 10.0. The highest BCUT2D eigenvalue weighted by Gasteiger charge is 1.99. The lowest BCUT2D eigenvalue weighted by Crippen LogP contribution is -1.85. The molecule has 0 aliphatic carbocycles. The van der Waals surface area contributed by atoms with Gasteiger partial charge in [-0.1, -0.05) is 42.5 Å². The number of allylic oxidation sites excluding steroid dienone is 1. The molecule has 0 spiro atoms. The molecule has 0 fully saturated rings.